The maximum atomic E-state index is 12.0. The minimum Gasteiger partial charge on any atom is -0.463 e. The number of unbranched alkanes of at least 4 members (excludes halogenated alkanes) is 27. The number of carbonyl (C=O) groups is 2. The maximum absolute atomic E-state index is 12.0. The second kappa shape index (κ2) is 37.8. The fourth-order valence-electron chi connectivity index (χ4n) is 6.09. The van der Waals surface area contributed by atoms with Crippen LogP contribution in [0, 0.1) is 0 Å². The Kier molecular flexibility index (Phi) is 37.0. The molecule has 3 N–H and O–H groups in total. The Labute approximate surface area is 307 Å². The van der Waals surface area contributed by atoms with Crippen LogP contribution in [-0.2, 0) is 27.9 Å². The first-order valence-corrected chi connectivity index (χ1v) is 22.5. The lowest BCUT2D eigenvalue weighted by Crippen LogP contribution is -2.27. The molecule has 50 heavy (non-hydrogen) atoms. The van der Waals surface area contributed by atoms with Crippen molar-refractivity contribution in [2.45, 2.75) is 219 Å². The zero-order valence-electron chi connectivity index (χ0n) is 32.6. The van der Waals surface area contributed by atoms with E-state index in [1.54, 1.807) is 0 Å². The van der Waals surface area contributed by atoms with E-state index in [4.69, 9.17) is 13.8 Å². The molecular formula is C40H80NO8P. The van der Waals surface area contributed by atoms with Crippen LogP contribution in [0.2, 0.25) is 0 Å². The number of hydrogen-bond donors (Lipinski definition) is 3. The fraction of sp³-hybridized carbons (Fsp3) is 0.950. The van der Waals surface area contributed by atoms with Crippen LogP contribution in [0.1, 0.15) is 213 Å². The zero-order valence-corrected chi connectivity index (χ0v) is 33.5. The average molecular weight is 734 g/mol. The third-order valence-electron chi connectivity index (χ3n) is 9.29. The molecule has 0 bridgehead atoms. The van der Waals surface area contributed by atoms with E-state index in [1.807, 2.05) is 0 Å². The number of esters is 1. The quantitative estimate of drug-likeness (QED) is 0.0322. The summed E-state index contributed by atoms with van der Waals surface area (Å²) in [5.74, 6) is -0.519. The fourth-order valence-corrected chi connectivity index (χ4v) is 6.84. The molecule has 0 rings (SSSR count). The van der Waals surface area contributed by atoms with Crippen molar-refractivity contribution in [3.05, 3.63) is 0 Å². The van der Waals surface area contributed by atoms with Crippen molar-refractivity contribution >= 4 is 19.7 Å². The van der Waals surface area contributed by atoms with Gasteiger partial charge in [0, 0.05) is 19.4 Å². The Balaban J connectivity index is 3.45. The van der Waals surface area contributed by atoms with Crippen LogP contribution in [0.25, 0.3) is 0 Å². The van der Waals surface area contributed by atoms with Gasteiger partial charge < -0.3 is 20.1 Å². The topological polar surface area (TPSA) is 131 Å². The number of aliphatic hydroxyl groups is 1. The van der Waals surface area contributed by atoms with Crippen LogP contribution < -0.4 is 5.32 Å². The largest absolute Gasteiger partial charge is 0.472 e. The highest BCUT2D eigenvalue weighted by Crippen LogP contribution is 2.42. The van der Waals surface area contributed by atoms with E-state index in [0.29, 0.717) is 12.8 Å². The van der Waals surface area contributed by atoms with E-state index in [-0.39, 0.29) is 25.7 Å². The number of aliphatic hydroxyl groups excluding tert-OH is 1. The normalized spacial score (nSPS) is 13.3. The average Bonchev–Trinajstić information content (AvgIpc) is 3.10. The summed E-state index contributed by atoms with van der Waals surface area (Å²) in [7, 11) is -4.39. The molecule has 0 aromatic heterocycles. The van der Waals surface area contributed by atoms with Crippen molar-refractivity contribution in [3.63, 3.8) is 0 Å². The minimum absolute atomic E-state index is 0.0848. The van der Waals surface area contributed by atoms with Gasteiger partial charge in [0.15, 0.2) is 0 Å². The van der Waals surface area contributed by atoms with Gasteiger partial charge in [0.25, 0.3) is 0 Å². The monoisotopic (exact) mass is 734 g/mol. The molecule has 2 unspecified atom stereocenters. The van der Waals surface area contributed by atoms with E-state index in [1.165, 1.54) is 135 Å². The maximum Gasteiger partial charge on any atom is 0.472 e. The van der Waals surface area contributed by atoms with Crippen molar-refractivity contribution in [1.82, 2.24) is 5.32 Å². The van der Waals surface area contributed by atoms with Crippen molar-refractivity contribution in [3.8, 4) is 0 Å². The Morgan fingerprint density at radius 3 is 1.30 bits per heavy atom. The van der Waals surface area contributed by atoms with Crippen LogP contribution in [0.5, 0.6) is 0 Å². The van der Waals surface area contributed by atoms with Gasteiger partial charge in [-0.25, -0.2) is 4.57 Å². The summed E-state index contributed by atoms with van der Waals surface area (Å²) in [6.07, 6.45) is 36.6. The third-order valence-corrected chi connectivity index (χ3v) is 10.3. The molecule has 0 aromatic carbocycles. The highest BCUT2D eigenvalue weighted by atomic mass is 31.2. The van der Waals surface area contributed by atoms with Crippen LogP contribution in [0.4, 0.5) is 0 Å². The summed E-state index contributed by atoms with van der Waals surface area (Å²) in [5, 5.41) is 12.6. The van der Waals surface area contributed by atoms with Crippen LogP contribution in [-0.4, -0.2) is 54.3 Å². The summed E-state index contributed by atoms with van der Waals surface area (Å²) in [5.41, 5.74) is 0. The Morgan fingerprint density at radius 1 is 0.540 bits per heavy atom. The van der Waals surface area contributed by atoms with Gasteiger partial charge in [0.2, 0.25) is 5.91 Å². The van der Waals surface area contributed by atoms with Crippen LogP contribution in [0.3, 0.4) is 0 Å². The van der Waals surface area contributed by atoms with E-state index in [9.17, 15) is 24.2 Å². The van der Waals surface area contributed by atoms with Crippen molar-refractivity contribution in [2.24, 2.45) is 0 Å². The van der Waals surface area contributed by atoms with Crippen molar-refractivity contribution < 1.29 is 37.9 Å². The van der Waals surface area contributed by atoms with Gasteiger partial charge in [-0.2, -0.15) is 0 Å². The number of carbonyl (C=O) groups excluding carboxylic acids is 2. The molecule has 0 fully saturated rings. The Morgan fingerprint density at radius 2 is 0.900 bits per heavy atom. The Bertz CT molecular complexity index is 799. The molecule has 0 aromatic rings. The first-order chi connectivity index (χ1) is 24.3. The van der Waals surface area contributed by atoms with Crippen molar-refractivity contribution in [1.29, 1.82) is 0 Å². The summed E-state index contributed by atoms with van der Waals surface area (Å²) in [6.45, 7) is 3.49. The van der Waals surface area contributed by atoms with E-state index >= 15 is 0 Å². The predicted molar refractivity (Wildman–Crippen MR) is 206 cm³/mol. The molecule has 10 heteroatoms. The van der Waals surface area contributed by atoms with E-state index in [2.05, 4.69) is 19.2 Å². The highest BCUT2D eigenvalue weighted by Gasteiger charge is 2.23. The number of amides is 1. The lowest BCUT2D eigenvalue weighted by molar-refractivity contribution is -0.147. The minimum atomic E-state index is -4.39. The van der Waals surface area contributed by atoms with Gasteiger partial charge >= 0.3 is 13.8 Å². The lowest BCUT2D eigenvalue weighted by Gasteiger charge is -2.15. The molecule has 298 valence electrons. The van der Waals surface area contributed by atoms with Gasteiger partial charge in [-0.15, -0.1) is 0 Å². The second-order valence-corrected chi connectivity index (χ2v) is 15.8. The first kappa shape index (κ1) is 49.0. The second-order valence-electron chi connectivity index (χ2n) is 14.3. The van der Waals surface area contributed by atoms with Crippen LogP contribution >= 0.6 is 7.82 Å². The summed E-state index contributed by atoms with van der Waals surface area (Å²) in [6, 6.07) is 0. The molecule has 0 saturated heterocycles. The van der Waals surface area contributed by atoms with Gasteiger partial charge in [-0.1, -0.05) is 187 Å². The molecule has 0 spiro atoms. The number of phosphoric ester groups is 1. The molecule has 0 aliphatic carbocycles. The molecule has 0 heterocycles. The van der Waals surface area contributed by atoms with Gasteiger partial charge in [0.1, 0.15) is 12.7 Å². The number of ether oxygens (including phenoxy) is 1. The van der Waals surface area contributed by atoms with Gasteiger partial charge in [-0.3, -0.25) is 18.6 Å². The van der Waals surface area contributed by atoms with E-state index in [0.717, 1.165) is 51.4 Å². The smallest absolute Gasteiger partial charge is 0.463 e. The summed E-state index contributed by atoms with van der Waals surface area (Å²) in [4.78, 5) is 33.5. The Hall–Kier alpha value is -0.990. The highest BCUT2D eigenvalue weighted by molar-refractivity contribution is 7.47. The zero-order chi connectivity index (χ0) is 36.8. The first-order valence-electron chi connectivity index (χ1n) is 21.0. The SMILES string of the molecule is CCCCCCCCCCCCCCCCCCCCCCCCCCC(=O)OCC(O)COP(=O)(O)OCCNC(=O)CCCCCCC. The number of nitrogens with one attached hydrogen (secondary N) is 1. The third kappa shape index (κ3) is 38.2. The molecule has 0 aliphatic rings. The van der Waals surface area contributed by atoms with Gasteiger partial charge in [0.05, 0.1) is 13.2 Å². The number of phosphoric acid groups is 1. The van der Waals surface area contributed by atoms with Crippen molar-refractivity contribution in [2.75, 3.05) is 26.4 Å². The summed E-state index contributed by atoms with van der Waals surface area (Å²) < 4.78 is 26.7. The van der Waals surface area contributed by atoms with Crippen LogP contribution in [0.15, 0.2) is 0 Å². The molecule has 0 aliphatic heterocycles. The molecule has 0 saturated carbocycles. The van der Waals surface area contributed by atoms with Gasteiger partial charge in [-0.05, 0) is 12.8 Å². The number of rotatable bonds is 40. The van der Waals surface area contributed by atoms with E-state index < -0.39 is 26.5 Å². The standard InChI is InChI=1S/C40H80NO8P/c1-3-5-7-9-10-11-12-13-14-15-16-17-18-19-20-21-22-23-24-25-26-27-29-31-33-40(44)47-36-38(42)37-49-50(45,46)48-35-34-41-39(43)32-30-28-8-6-4-2/h38,42H,3-37H2,1-2H3,(H,41,43)(H,45,46). The molecular weight excluding hydrogens is 653 g/mol. The molecule has 0 radical (unpaired) electrons. The number of hydrogen-bond acceptors (Lipinski definition) is 7. The molecule has 2 atom stereocenters. The lowest BCUT2D eigenvalue weighted by atomic mass is 10.0. The predicted octanol–water partition coefficient (Wildman–Crippen LogP) is 11.3. The molecule has 1 amide bonds. The summed E-state index contributed by atoms with van der Waals surface area (Å²) >= 11 is 0. The molecule has 9 nitrogen and oxygen atoms in total.